The maximum atomic E-state index is 5.73. The van der Waals surface area contributed by atoms with Crippen LogP contribution in [-0.4, -0.2) is 13.2 Å². The lowest BCUT2D eigenvalue weighted by Crippen LogP contribution is -2.07. The van der Waals surface area contributed by atoms with Crippen LogP contribution < -0.4 is 9.47 Å². The normalized spacial score (nSPS) is 9.78. The van der Waals surface area contributed by atoms with Crippen LogP contribution in [0.1, 0.15) is 46.6 Å². The van der Waals surface area contributed by atoms with Crippen LogP contribution >= 0.6 is 15.9 Å². The van der Waals surface area contributed by atoms with Gasteiger partial charge >= 0.3 is 0 Å². The Morgan fingerprint density at radius 3 is 2.22 bits per heavy atom. The fraction of sp³-hybridized carbons (Fsp3) is 0.600. The third-order valence-corrected chi connectivity index (χ3v) is 2.95. The van der Waals surface area contributed by atoms with Gasteiger partial charge in [0.25, 0.3) is 0 Å². The van der Waals surface area contributed by atoms with Gasteiger partial charge in [0.1, 0.15) is 0 Å². The average molecular weight is 317 g/mol. The Labute approximate surface area is 120 Å². The second-order valence-electron chi connectivity index (χ2n) is 4.01. The molecule has 0 aliphatic rings. The van der Waals surface area contributed by atoms with Gasteiger partial charge in [0.2, 0.25) is 0 Å². The van der Waals surface area contributed by atoms with E-state index in [1.165, 1.54) is 5.56 Å². The van der Waals surface area contributed by atoms with E-state index in [1.54, 1.807) is 7.11 Å². The molecule has 18 heavy (non-hydrogen) atoms. The molecular weight excluding hydrogens is 292 g/mol. The van der Waals surface area contributed by atoms with Gasteiger partial charge in [-0.25, -0.2) is 0 Å². The van der Waals surface area contributed by atoms with E-state index in [2.05, 4.69) is 28.9 Å². The van der Waals surface area contributed by atoms with Gasteiger partial charge in [-0.2, -0.15) is 0 Å². The minimum Gasteiger partial charge on any atom is -0.493 e. The summed E-state index contributed by atoms with van der Waals surface area (Å²) in [5.41, 5.74) is 1.26. The molecule has 0 amide bonds. The first-order valence-corrected chi connectivity index (χ1v) is 7.40. The molecule has 0 bridgehead atoms. The summed E-state index contributed by atoms with van der Waals surface area (Å²) in [5.74, 6) is 1.60. The van der Waals surface area contributed by atoms with Crippen LogP contribution in [0.5, 0.6) is 11.5 Å². The maximum Gasteiger partial charge on any atom is 0.161 e. The zero-order chi connectivity index (χ0) is 14.1. The van der Waals surface area contributed by atoms with Gasteiger partial charge in [0, 0.05) is 4.47 Å². The van der Waals surface area contributed by atoms with Crippen molar-refractivity contribution in [1.82, 2.24) is 0 Å². The Morgan fingerprint density at radius 1 is 1.17 bits per heavy atom. The van der Waals surface area contributed by atoms with Crippen LogP contribution in [0.15, 0.2) is 16.6 Å². The average Bonchev–Trinajstić information content (AvgIpc) is 2.35. The molecule has 0 atom stereocenters. The smallest absolute Gasteiger partial charge is 0.161 e. The van der Waals surface area contributed by atoms with E-state index in [1.807, 2.05) is 33.8 Å². The molecule has 0 unspecified atom stereocenters. The predicted molar refractivity (Wildman–Crippen MR) is 81.8 cm³/mol. The van der Waals surface area contributed by atoms with E-state index in [9.17, 15) is 0 Å². The van der Waals surface area contributed by atoms with Crippen molar-refractivity contribution < 1.29 is 9.47 Å². The first-order chi connectivity index (χ1) is 8.58. The molecule has 0 fully saturated rings. The predicted octanol–water partition coefficient (Wildman–Crippen LogP) is 5.22. The molecule has 1 rings (SSSR count). The van der Waals surface area contributed by atoms with Crippen molar-refractivity contribution in [3.63, 3.8) is 0 Å². The highest BCUT2D eigenvalue weighted by atomic mass is 79.9. The Balaban J connectivity index is 0.00000137. The highest BCUT2D eigenvalue weighted by Crippen LogP contribution is 2.34. The molecule has 104 valence electrons. The van der Waals surface area contributed by atoms with Gasteiger partial charge in [0.05, 0.1) is 13.2 Å². The van der Waals surface area contributed by atoms with Crippen molar-refractivity contribution >= 4 is 15.9 Å². The highest BCUT2D eigenvalue weighted by molar-refractivity contribution is 9.10. The second kappa shape index (κ2) is 9.26. The molecule has 0 aliphatic carbocycles. The van der Waals surface area contributed by atoms with E-state index in [0.29, 0.717) is 0 Å². The van der Waals surface area contributed by atoms with Gasteiger partial charge in [-0.3, -0.25) is 0 Å². The first kappa shape index (κ1) is 17.3. The summed E-state index contributed by atoms with van der Waals surface area (Å²) in [6, 6.07) is 4.04. The van der Waals surface area contributed by atoms with Crippen LogP contribution in [0, 0.1) is 0 Å². The molecule has 0 aromatic heterocycles. The number of hydrogen-bond acceptors (Lipinski definition) is 2. The molecule has 0 radical (unpaired) electrons. The van der Waals surface area contributed by atoms with Gasteiger partial charge in [0.15, 0.2) is 11.5 Å². The van der Waals surface area contributed by atoms with Gasteiger partial charge in [-0.1, -0.05) is 43.1 Å². The van der Waals surface area contributed by atoms with Crippen molar-refractivity contribution in [3.8, 4) is 11.5 Å². The van der Waals surface area contributed by atoms with Crippen molar-refractivity contribution in [3.05, 3.63) is 22.2 Å². The molecule has 2 nitrogen and oxygen atoms in total. The number of methoxy groups -OCH3 is 1. The molecule has 0 saturated carbocycles. The van der Waals surface area contributed by atoms with E-state index >= 15 is 0 Å². The van der Waals surface area contributed by atoms with Crippen molar-refractivity contribution in [2.45, 2.75) is 53.6 Å². The zero-order valence-electron chi connectivity index (χ0n) is 12.3. The summed E-state index contributed by atoms with van der Waals surface area (Å²) >= 11 is 3.55. The van der Waals surface area contributed by atoms with E-state index in [0.717, 1.165) is 28.8 Å². The zero-order valence-corrected chi connectivity index (χ0v) is 13.9. The van der Waals surface area contributed by atoms with Crippen LogP contribution in [-0.2, 0) is 6.42 Å². The number of rotatable bonds is 5. The monoisotopic (exact) mass is 316 g/mol. The third kappa shape index (κ3) is 5.30. The summed E-state index contributed by atoms with van der Waals surface area (Å²) in [5, 5.41) is 0. The number of halogens is 1. The van der Waals surface area contributed by atoms with Gasteiger partial charge < -0.3 is 9.47 Å². The van der Waals surface area contributed by atoms with Crippen molar-refractivity contribution in [1.29, 1.82) is 0 Å². The molecule has 0 saturated heterocycles. The SMILES string of the molecule is CC.CCCc1cc(OC(C)C)c(OC)cc1Br. The third-order valence-electron chi connectivity index (χ3n) is 2.21. The topological polar surface area (TPSA) is 18.5 Å². The van der Waals surface area contributed by atoms with Crippen LogP contribution in [0.25, 0.3) is 0 Å². The fourth-order valence-electron chi connectivity index (χ4n) is 1.54. The maximum absolute atomic E-state index is 5.73. The molecular formula is C15H25BrO2. The van der Waals surface area contributed by atoms with E-state index < -0.39 is 0 Å². The first-order valence-electron chi connectivity index (χ1n) is 6.61. The summed E-state index contributed by atoms with van der Waals surface area (Å²) in [4.78, 5) is 0. The Kier molecular flexibility index (Phi) is 8.90. The highest BCUT2D eigenvalue weighted by Gasteiger charge is 2.10. The minimum absolute atomic E-state index is 0.157. The second-order valence-corrected chi connectivity index (χ2v) is 4.87. The summed E-state index contributed by atoms with van der Waals surface area (Å²) in [6.45, 7) is 10.2. The van der Waals surface area contributed by atoms with Crippen molar-refractivity contribution in [2.75, 3.05) is 7.11 Å². The quantitative estimate of drug-likeness (QED) is 0.741. The standard InChI is InChI=1S/C13H19BrO2.C2H6/c1-5-6-10-7-13(16-9(2)3)12(15-4)8-11(10)14;1-2/h7-9H,5-6H2,1-4H3;1-2H3. The molecule has 0 spiro atoms. The Hall–Kier alpha value is -0.700. The number of ether oxygens (including phenoxy) is 2. The molecule has 0 aliphatic heterocycles. The molecule has 0 heterocycles. The van der Waals surface area contributed by atoms with Gasteiger partial charge in [-0.05, 0) is 38.0 Å². The summed E-state index contributed by atoms with van der Waals surface area (Å²) in [7, 11) is 1.66. The van der Waals surface area contributed by atoms with E-state index in [-0.39, 0.29) is 6.10 Å². The van der Waals surface area contributed by atoms with Crippen molar-refractivity contribution in [2.24, 2.45) is 0 Å². The largest absolute Gasteiger partial charge is 0.493 e. The number of aryl methyl sites for hydroxylation is 1. The molecule has 1 aromatic rings. The Morgan fingerprint density at radius 2 is 1.78 bits per heavy atom. The lowest BCUT2D eigenvalue weighted by atomic mass is 10.1. The Bertz CT molecular complexity index is 349. The lowest BCUT2D eigenvalue weighted by molar-refractivity contribution is 0.230. The van der Waals surface area contributed by atoms with E-state index in [4.69, 9.17) is 9.47 Å². The molecule has 0 N–H and O–H groups in total. The lowest BCUT2D eigenvalue weighted by Gasteiger charge is -2.15. The molecule has 3 heteroatoms. The van der Waals surface area contributed by atoms with Crippen LogP contribution in [0.4, 0.5) is 0 Å². The molecule has 1 aromatic carbocycles. The minimum atomic E-state index is 0.157. The number of hydrogen-bond donors (Lipinski definition) is 0. The summed E-state index contributed by atoms with van der Waals surface area (Å²) in [6.07, 6.45) is 2.31. The summed E-state index contributed by atoms with van der Waals surface area (Å²) < 4.78 is 12.1. The number of benzene rings is 1. The fourth-order valence-corrected chi connectivity index (χ4v) is 2.06. The van der Waals surface area contributed by atoms with Crippen LogP contribution in [0.3, 0.4) is 0 Å². The van der Waals surface area contributed by atoms with Gasteiger partial charge in [-0.15, -0.1) is 0 Å². The van der Waals surface area contributed by atoms with Crippen LogP contribution in [0.2, 0.25) is 0 Å².